The molecule has 0 bridgehead atoms. The summed E-state index contributed by atoms with van der Waals surface area (Å²) in [6.07, 6.45) is 1.57. The van der Waals surface area contributed by atoms with E-state index < -0.39 is 0 Å². The molecule has 9 aromatic rings. The Hall–Kier alpha value is -6.35. The van der Waals surface area contributed by atoms with Crippen molar-refractivity contribution in [2.45, 2.75) is 125 Å². The summed E-state index contributed by atoms with van der Waals surface area (Å²) in [7, 11) is 0. The van der Waals surface area contributed by atoms with Crippen LogP contribution < -0.4 is 0 Å². The van der Waals surface area contributed by atoms with Gasteiger partial charge in [-0.15, -0.1) is 29.3 Å². The normalized spacial score (nSPS) is 12.8. The summed E-state index contributed by atoms with van der Waals surface area (Å²) in [4.78, 5) is 10.5. The molecule has 9 rings (SSSR count). The van der Waals surface area contributed by atoms with Gasteiger partial charge in [0.15, 0.2) is 0 Å². The third-order valence-electron chi connectivity index (χ3n) is 13.9. The van der Waals surface area contributed by atoms with Gasteiger partial charge in [-0.25, -0.2) is 4.98 Å². The third-order valence-corrected chi connectivity index (χ3v) is 13.9. The monoisotopic (exact) mass is 1130 g/mol. The van der Waals surface area contributed by atoms with Gasteiger partial charge in [0.2, 0.25) is 0 Å². The van der Waals surface area contributed by atoms with Gasteiger partial charge < -0.3 is 5.11 Å². The Bertz CT molecular complexity index is 3540. The van der Waals surface area contributed by atoms with E-state index in [9.17, 15) is 6.48 Å². The minimum absolute atomic E-state index is 0. The van der Waals surface area contributed by atoms with Crippen LogP contribution in [0.4, 0.5) is 0 Å². The molecule has 0 amide bonds. The molecule has 370 valence electrons. The van der Waals surface area contributed by atoms with E-state index in [1.165, 1.54) is 16.7 Å². The van der Waals surface area contributed by atoms with Crippen molar-refractivity contribution in [3.63, 3.8) is 0 Å². The number of benzene rings is 7. The standard InChI is InChI=1S/C67H70N3O.Pt/c1-42(2)52-23-18-19-24-53(52)45-29-27-43(28-30-45)46-33-34-68-58(38-46)48-35-47(36-50(37-48)65(6,7)8)54-25-20-26-60-61(54)69-63(56-40-51(66(9,10)11)41-57(62(56)71)67(12,13)14)70(60)59-32-31-49(64(3,4)5)39-55(59)44-21-16-15-17-22-44;/h15-34,36-42,71H,1-14H3;/q-1;/i33D,38D;. The number of aromatic hydroxyl groups is 1. The quantitative estimate of drug-likeness (QED) is 0.154. The van der Waals surface area contributed by atoms with Crippen LogP contribution in [0, 0.1) is 6.07 Å². The van der Waals surface area contributed by atoms with Crippen LogP contribution in [0.25, 0.3) is 83.9 Å². The molecule has 7 aromatic carbocycles. The Morgan fingerprint density at radius 2 is 1.12 bits per heavy atom. The molecule has 0 spiro atoms. The molecule has 2 aromatic heterocycles. The van der Waals surface area contributed by atoms with Gasteiger partial charge in [0.1, 0.15) is 11.6 Å². The molecule has 4 nitrogen and oxygen atoms in total. The van der Waals surface area contributed by atoms with Crippen LogP contribution >= 0.6 is 0 Å². The molecule has 0 unspecified atom stereocenters. The number of fused-ring (bicyclic) bond motifs is 1. The summed E-state index contributed by atoms with van der Waals surface area (Å²) in [6.45, 7) is 30.8. The van der Waals surface area contributed by atoms with Crippen LogP contribution in [0.15, 0.2) is 158 Å². The first kappa shape index (κ1) is 49.2. The van der Waals surface area contributed by atoms with E-state index in [-0.39, 0.29) is 60.6 Å². The molecule has 1 N–H and O–H groups in total. The van der Waals surface area contributed by atoms with E-state index in [2.05, 4.69) is 229 Å². The zero-order valence-electron chi connectivity index (χ0n) is 46.5. The predicted molar refractivity (Wildman–Crippen MR) is 301 cm³/mol. The predicted octanol–water partition coefficient (Wildman–Crippen LogP) is 18.2. The molecular formula is C67H70N3OPt-. The van der Waals surface area contributed by atoms with Gasteiger partial charge in [-0.1, -0.05) is 217 Å². The molecule has 0 aliphatic heterocycles. The first-order valence-corrected chi connectivity index (χ1v) is 25.2. The van der Waals surface area contributed by atoms with Gasteiger partial charge in [-0.3, -0.25) is 9.55 Å². The van der Waals surface area contributed by atoms with Gasteiger partial charge in [0, 0.05) is 44.1 Å². The summed E-state index contributed by atoms with van der Waals surface area (Å²) in [5, 5.41) is 12.6. The number of para-hydroxylation sites is 1. The van der Waals surface area contributed by atoms with E-state index in [4.69, 9.17) is 11.3 Å². The van der Waals surface area contributed by atoms with Crippen molar-refractivity contribution in [2.24, 2.45) is 0 Å². The fourth-order valence-corrected chi connectivity index (χ4v) is 9.59. The maximum absolute atomic E-state index is 12.6. The number of rotatable bonds is 8. The second kappa shape index (κ2) is 19.6. The molecule has 0 atom stereocenters. The molecule has 0 aliphatic rings. The van der Waals surface area contributed by atoms with Crippen molar-refractivity contribution in [1.82, 2.24) is 14.5 Å². The van der Waals surface area contributed by atoms with Crippen LogP contribution in [-0.2, 0) is 42.7 Å². The number of hydrogen-bond donors (Lipinski definition) is 1. The Morgan fingerprint density at radius 3 is 1.78 bits per heavy atom. The maximum Gasteiger partial charge on any atom is 0.148 e. The number of aromatic nitrogens is 3. The second-order valence-corrected chi connectivity index (χ2v) is 23.7. The Balaban J connectivity index is 0.00000729. The van der Waals surface area contributed by atoms with Crippen molar-refractivity contribution < 1.29 is 28.9 Å². The SMILES string of the molecule is [2H]c1cnc(-c2[c-]c(-c3cccc4c3nc(-c3cc(C(C)(C)C)cc(C(C)(C)C)c3O)n4-c3ccc(C(C)(C)C)cc3-c3ccccc3)cc(C(C)(C)C)c2)c([2H])c1-c1ccc(-c2ccccc2C(C)C)cc1.[Pt]. The average molecular weight is 1130 g/mol. The zero-order valence-corrected chi connectivity index (χ0v) is 46.8. The summed E-state index contributed by atoms with van der Waals surface area (Å²) in [5.74, 6) is 1.22. The van der Waals surface area contributed by atoms with Crippen LogP contribution in [-0.4, -0.2) is 19.6 Å². The minimum Gasteiger partial charge on any atom is -0.507 e. The van der Waals surface area contributed by atoms with Gasteiger partial charge in [0.25, 0.3) is 0 Å². The molecule has 0 aliphatic carbocycles. The first-order chi connectivity index (χ1) is 34.3. The molecule has 2 heterocycles. The van der Waals surface area contributed by atoms with Crippen LogP contribution in [0.2, 0.25) is 0 Å². The molecule has 5 heteroatoms. The van der Waals surface area contributed by atoms with Crippen molar-refractivity contribution in [2.75, 3.05) is 0 Å². The molecule has 0 saturated carbocycles. The number of pyridine rings is 1. The van der Waals surface area contributed by atoms with Crippen molar-refractivity contribution in [1.29, 1.82) is 0 Å². The van der Waals surface area contributed by atoms with Crippen LogP contribution in [0.1, 0.15) is 133 Å². The Kier molecular flexibility index (Phi) is 13.4. The van der Waals surface area contributed by atoms with Gasteiger partial charge in [-0.05, 0) is 102 Å². The summed E-state index contributed by atoms with van der Waals surface area (Å²) in [5.41, 5.74) is 16.3. The largest absolute Gasteiger partial charge is 0.507 e. The fraction of sp³-hybridized carbons (Fsp3) is 0.284. The fourth-order valence-electron chi connectivity index (χ4n) is 9.59. The van der Waals surface area contributed by atoms with E-state index in [0.29, 0.717) is 34.1 Å². The topological polar surface area (TPSA) is 50.9 Å². The summed E-state index contributed by atoms with van der Waals surface area (Å²) >= 11 is 0. The van der Waals surface area contributed by atoms with Crippen molar-refractivity contribution in [3.8, 4) is 78.6 Å². The molecule has 0 saturated heterocycles. The molecule has 0 radical (unpaired) electrons. The van der Waals surface area contributed by atoms with Gasteiger partial charge in [0.05, 0.1) is 25.0 Å². The van der Waals surface area contributed by atoms with E-state index >= 15 is 0 Å². The van der Waals surface area contributed by atoms with E-state index in [1.807, 2.05) is 18.2 Å². The number of hydrogen-bond acceptors (Lipinski definition) is 3. The van der Waals surface area contributed by atoms with Crippen molar-refractivity contribution in [3.05, 3.63) is 192 Å². The summed E-state index contributed by atoms with van der Waals surface area (Å²) in [6, 6.07) is 53.1. The second-order valence-electron chi connectivity index (χ2n) is 23.7. The molecule has 0 fully saturated rings. The van der Waals surface area contributed by atoms with E-state index in [1.54, 1.807) is 6.20 Å². The first-order valence-electron chi connectivity index (χ1n) is 26.2. The summed E-state index contributed by atoms with van der Waals surface area (Å²) < 4.78 is 21.1. The Labute approximate surface area is 446 Å². The maximum atomic E-state index is 12.6. The number of phenolic OH excluding ortho intramolecular Hbond substituents is 1. The number of nitrogens with zero attached hydrogens (tertiary/aromatic N) is 3. The van der Waals surface area contributed by atoms with Gasteiger partial charge >= 0.3 is 0 Å². The Morgan fingerprint density at radius 1 is 0.542 bits per heavy atom. The molecule has 72 heavy (non-hydrogen) atoms. The number of phenols is 1. The zero-order chi connectivity index (χ0) is 52.5. The smallest absolute Gasteiger partial charge is 0.148 e. The van der Waals surface area contributed by atoms with E-state index in [0.717, 1.165) is 66.8 Å². The minimum atomic E-state index is -0.365. The van der Waals surface area contributed by atoms with Crippen LogP contribution in [0.3, 0.4) is 0 Å². The third kappa shape index (κ3) is 10.3. The van der Waals surface area contributed by atoms with Gasteiger partial charge in [-0.2, -0.15) is 0 Å². The number of imidazole rings is 1. The average Bonchev–Trinajstić information content (AvgIpc) is 3.72. The van der Waals surface area contributed by atoms with Crippen molar-refractivity contribution >= 4 is 11.0 Å². The molecular weight excluding hydrogens is 1060 g/mol. The van der Waals surface area contributed by atoms with Crippen LogP contribution in [0.5, 0.6) is 5.75 Å².